The average Bonchev–Trinajstić information content (AvgIpc) is 2.45. The molecule has 0 unspecified atom stereocenters. The molecule has 0 saturated carbocycles. The van der Waals surface area contributed by atoms with Crippen molar-refractivity contribution in [2.24, 2.45) is 4.99 Å². The summed E-state index contributed by atoms with van der Waals surface area (Å²) >= 11 is 5.87. The first-order valence-corrected chi connectivity index (χ1v) is 7.60. The van der Waals surface area contributed by atoms with Gasteiger partial charge in [0.25, 0.3) is 0 Å². The number of aryl methyl sites for hydroxylation is 1. The minimum atomic E-state index is -4.17. The van der Waals surface area contributed by atoms with Gasteiger partial charge in [0.1, 0.15) is 5.75 Å². The number of nitrogens with one attached hydrogen (secondary N) is 2. The molecule has 0 aromatic heterocycles. The van der Waals surface area contributed by atoms with Gasteiger partial charge in [-0.25, -0.2) is 0 Å². The van der Waals surface area contributed by atoms with Crippen molar-refractivity contribution in [1.29, 1.82) is 0 Å². The first-order valence-electron chi connectivity index (χ1n) is 7.22. The van der Waals surface area contributed by atoms with E-state index in [9.17, 15) is 13.2 Å². The minimum absolute atomic E-state index is 0.205. The molecular formula is C15H21ClF3N3O. The van der Waals surface area contributed by atoms with Crippen LogP contribution < -0.4 is 15.4 Å². The highest BCUT2D eigenvalue weighted by atomic mass is 35.5. The molecule has 23 heavy (non-hydrogen) atoms. The third-order valence-electron chi connectivity index (χ3n) is 2.93. The molecule has 0 atom stereocenters. The van der Waals surface area contributed by atoms with Crippen LogP contribution in [0.15, 0.2) is 23.2 Å². The van der Waals surface area contributed by atoms with Crippen molar-refractivity contribution in [3.8, 4) is 5.75 Å². The van der Waals surface area contributed by atoms with Gasteiger partial charge < -0.3 is 15.4 Å². The van der Waals surface area contributed by atoms with E-state index < -0.39 is 12.6 Å². The van der Waals surface area contributed by atoms with Crippen molar-refractivity contribution >= 4 is 17.6 Å². The quantitative estimate of drug-likeness (QED) is 0.449. The molecule has 0 heterocycles. The van der Waals surface area contributed by atoms with Gasteiger partial charge in [0.05, 0.1) is 13.0 Å². The van der Waals surface area contributed by atoms with E-state index in [1.165, 1.54) is 7.05 Å². The number of nitrogens with zero attached hydrogens (tertiary/aromatic N) is 1. The van der Waals surface area contributed by atoms with E-state index in [1.807, 2.05) is 19.1 Å². The SMILES string of the molecule is CN=C(NCCCOc1ccc(Cl)cc1C)NCCC(F)(F)F. The number of hydrogen-bond donors (Lipinski definition) is 2. The molecule has 0 aliphatic rings. The Morgan fingerprint density at radius 1 is 1.26 bits per heavy atom. The number of guanidine groups is 1. The lowest BCUT2D eigenvalue weighted by Gasteiger charge is -2.13. The van der Waals surface area contributed by atoms with Crippen molar-refractivity contribution < 1.29 is 17.9 Å². The third kappa shape index (κ3) is 8.54. The standard InChI is InChI=1S/C15H21ClF3N3O/c1-11-10-12(16)4-5-13(11)23-9-3-7-21-14(20-2)22-8-6-15(17,18)19/h4-5,10H,3,6-9H2,1-2H3,(H2,20,21,22). The maximum Gasteiger partial charge on any atom is 0.390 e. The van der Waals surface area contributed by atoms with Gasteiger partial charge in [-0.15, -0.1) is 0 Å². The van der Waals surface area contributed by atoms with Crippen molar-refractivity contribution in [3.05, 3.63) is 28.8 Å². The summed E-state index contributed by atoms with van der Waals surface area (Å²) in [6.07, 6.45) is -4.38. The first-order chi connectivity index (χ1) is 10.8. The fourth-order valence-corrected chi connectivity index (χ4v) is 2.01. The lowest BCUT2D eigenvalue weighted by Crippen LogP contribution is -2.39. The van der Waals surface area contributed by atoms with Crippen LogP contribution in [-0.2, 0) is 0 Å². The molecule has 0 amide bonds. The van der Waals surface area contributed by atoms with Gasteiger partial charge in [-0.2, -0.15) is 13.2 Å². The second-order valence-corrected chi connectivity index (χ2v) is 5.34. The second kappa shape index (κ2) is 9.50. The second-order valence-electron chi connectivity index (χ2n) is 4.90. The molecule has 130 valence electrons. The Labute approximate surface area is 139 Å². The Hall–Kier alpha value is -1.63. The predicted molar refractivity (Wildman–Crippen MR) is 86.3 cm³/mol. The molecule has 0 aliphatic carbocycles. The Kier molecular flexibility index (Phi) is 8.02. The van der Waals surface area contributed by atoms with Crippen LogP contribution in [0.25, 0.3) is 0 Å². The zero-order valence-corrected chi connectivity index (χ0v) is 13.9. The van der Waals surface area contributed by atoms with E-state index in [0.29, 0.717) is 30.6 Å². The van der Waals surface area contributed by atoms with Crippen LogP contribution in [0, 0.1) is 6.92 Å². The molecule has 1 aromatic carbocycles. The van der Waals surface area contributed by atoms with E-state index >= 15 is 0 Å². The molecule has 2 N–H and O–H groups in total. The van der Waals surface area contributed by atoms with Gasteiger partial charge in [0.2, 0.25) is 0 Å². The summed E-state index contributed by atoms with van der Waals surface area (Å²) in [5.74, 6) is 1.11. The summed E-state index contributed by atoms with van der Waals surface area (Å²) in [7, 11) is 1.51. The van der Waals surface area contributed by atoms with Gasteiger partial charge in [-0.3, -0.25) is 4.99 Å². The van der Waals surface area contributed by atoms with Crippen LogP contribution in [0.3, 0.4) is 0 Å². The zero-order chi connectivity index (χ0) is 17.3. The Morgan fingerprint density at radius 3 is 2.57 bits per heavy atom. The van der Waals surface area contributed by atoms with Gasteiger partial charge >= 0.3 is 6.18 Å². The number of alkyl halides is 3. The Morgan fingerprint density at radius 2 is 1.96 bits per heavy atom. The number of aliphatic imine (C=N–C) groups is 1. The van der Waals surface area contributed by atoms with Gasteiger partial charge in [-0.05, 0) is 37.1 Å². The highest BCUT2D eigenvalue weighted by Crippen LogP contribution is 2.21. The van der Waals surface area contributed by atoms with Crippen LogP contribution >= 0.6 is 11.6 Å². The molecule has 0 saturated heterocycles. The summed E-state index contributed by atoms with van der Waals surface area (Å²) in [5, 5.41) is 6.21. The molecule has 0 bridgehead atoms. The largest absolute Gasteiger partial charge is 0.493 e. The topological polar surface area (TPSA) is 45.7 Å². The molecule has 1 rings (SSSR count). The van der Waals surface area contributed by atoms with Crippen molar-refractivity contribution in [2.45, 2.75) is 25.9 Å². The first kappa shape index (κ1) is 19.4. The van der Waals surface area contributed by atoms with E-state index in [4.69, 9.17) is 16.3 Å². The molecule has 0 radical (unpaired) electrons. The van der Waals surface area contributed by atoms with Crippen LogP contribution in [0.4, 0.5) is 13.2 Å². The summed E-state index contributed by atoms with van der Waals surface area (Å²) in [4.78, 5) is 3.86. The molecule has 8 heteroatoms. The molecular weight excluding hydrogens is 331 g/mol. The van der Waals surface area contributed by atoms with Crippen LogP contribution in [0.2, 0.25) is 5.02 Å². The lowest BCUT2D eigenvalue weighted by molar-refractivity contribution is -0.132. The number of ether oxygens (including phenoxy) is 1. The van der Waals surface area contributed by atoms with Crippen molar-refractivity contribution in [1.82, 2.24) is 10.6 Å². The number of rotatable bonds is 7. The highest BCUT2D eigenvalue weighted by Gasteiger charge is 2.26. The smallest absolute Gasteiger partial charge is 0.390 e. The fourth-order valence-electron chi connectivity index (χ4n) is 1.78. The molecule has 1 aromatic rings. The predicted octanol–water partition coefficient (Wildman–Crippen LogP) is 3.53. The van der Waals surface area contributed by atoms with Gasteiger partial charge in [-0.1, -0.05) is 11.6 Å². The van der Waals surface area contributed by atoms with E-state index in [-0.39, 0.29) is 6.54 Å². The summed E-state index contributed by atoms with van der Waals surface area (Å²) in [6.45, 7) is 2.73. The van der Waals surface area contributed by atoms with E-state index in [2.05, 4.69) is 15.6 Å². The minimum Gasteiger partial charge on any atom is -0.493 e. The van der Waals surface area contributed by atoms with Crippen molar-refractivity contribution in [2.75, 3.05) is 26.7 Å². The monoisotopic (exact) mass is 351 g/mol. The van der Waals surface area contributed by atoms with Gasteiger partial charge in [0.15, 0.2) is 5.96 Å². The molecule has 0 spiro atoms. The van der Waals surface area contributed by atoms with Crippen LogP contribution in [-0.4, -0.2) is 38.9 Å². The highest BCUT2D eigenvalue weighted by molar-refractivity contribution is 6.30. The molecule has 4 nitrogen and oxygen atoms in total. The van der Waals surface area contributed by atoms with Crippen LogP contribution in [0.1, 0.15) is 18.4 Å². The number of benzene rings is 1. The maximum absolute atomic E-state index is 12.1. The summed E-state index contributed by atoms with van der Waals surface area (Å²) in [5.41, 5.74) is 0.954. The van der Waals surface area contributed by atoms with Crippen molar-refractivity contribution in [3.63, 3.8) is 0 Å². The number of hydrogen-bond acceptors (Lipinski definition) is 2. The summed E-state index contributed by atoms with van der Waals surface area (Å²) in [6, 6.07) is 5.39. The fraction of sp³-hybridized carbons (Fsp3) is 0.533. The third-order valence-corrected chi connectivity index (χ3v) is 3.17. The lowest BCUT2D eigenvalue weighted by atomic mass is 10.2. The zero-order valence-electron chi connectivity index (χ0n) is 13.1. The van der Waals surface area contributed by atoms with Gasteiger partial charge in [0, 0.05) is 25.2 Å². The van der Waals surface area contributed by atoms with E-state index in [1.54, 1.807) is 6.07 Å². The van der Waals surface area contributed by atoms with Crippen LogP contribution in [0.5, 0.6) is 5.75 Å². The maximum atomic E-state index is 12.1. The molecule has 0 aliphatic heterocycles. The average molecular weight is 352 g/mol. The Balaban J connectivity index is 2.20. The number of halogens is 4. The normalized spacial score (nSPS) is 12.2. The summed E-state index contributed by atoms with van der Waals surface area (Å²) < 4.78 is 41.8. The Bertz CT molecular complexity index is 521. The van der Waals surface area contributed by atoms with E-state index in [0.717, 1.165) is 11.3 Å². The molecule has 0 fully saturated rings.